The molecular formula is C20H24N4O. The number of hydrogen-bond donors (Lipinski definition) is 3. The minimum absolute atomic E-state index is 0.0754. The van der Waals surface area contributed by atoms with Gasteiger partial charge in [0.05, 0.1) is 5.71 Å². The van der Waals surface area contributed by atoms with Gasteiger partial charge in [0.15, 0.2) is 0 Å². The van der Waals surface area contributed by atoms with Gasteiger partial charge in [-0.05, 0) is 30.9 Å². The number of benzene rings is 1. The maximum atomic E-state index is 11.9. The van der Waals surface area contributed by atoms with Gasteiger partial charge in [0.2, 0.25) is 5.91 Å². The fourth-order valence-corrected chi connectivity index (χ4v) is 3.51. The molecule has 1 saturated carbocycles. The SMILES string of the molecule is CC(=O)N1CCC(NCC2CC2)=C(C(=N)c2cccc3[nH]ccc23)C1. The summed E-state index contributed by atoms with van der Waals surface area (Å²) in [5.41, 5.74) is 4.58. The van der Waals surface area contributed by atoms with Crippen LogP contribution >= 0.6 is 0 Å². The number of H-pyrrole nitrogens is 1. The van der Waals surface area contributed by atoms with E-state index in [1.54, 1.807) is 6.92 Å². The van der Waals surface area contributed by atoms with E-state index >= 15 is 0 Å². The first-order chi connectivity index (χ1) is 12.1. The molecule has 5 nitrogen and oxygen atoms in total. The normalized spacial score (nSPS) is 17.9. The van der Waals surface area contributed by atoms with E-state index in [2.05, 4.69) is 10.3 Å². The largest absolute Gasteiger partial charge is 0.388 e. The Kier molecular flexibility index (Phi) is 4.07. The molecule has 130 valence electrons. The van der Waals surface area contributed by atoms with Crippen LogP contribution in [0, 0.1) is 11.3 Å². The van der Waals surface area contributed by atoms with Gasteiger partial charge in [0.25, 0.3) is 0 Å². The van der Waals surface area contributed by atoms with Gasteiger partial charge < -0.3 is 15.2 Å². The lowest BCUT2D eigenvalue weighted by atomic mass is 9.94. The summed E-state index contributed by atoms with van der Waals surface area (Å²) in [5, 5.41) is 13.5. The molecule has 1 fully saturated rings. The second-order valence-electron chi connectivity index (χ2n) is 7.09. The molecule has 0 radical (unpaired) electrons. The van der Waals surface area contributed by atoms with E-state index in [1.807, 2.05) is 35.4 Å². The third kappa shape index (κ3) is 3.18. The number of aromatic nitrogens is 1. The Hall–Kier alpha value is -2.56. The molecule has 1 aromatic heterocycles. The summed E-state index contributed by atoms with van der Waals surface area (Å²) in [6.07, 6.45) is 5.31. The molecule has 2 aliphatic rings. The zero-order valence-corrected chi connectivity index (χ0v) is 14.6. The van der Waals surface area contributed by atoms with Crippen molar-refractivity contribution in [3.05, 3.63) is 47.3 Å². The molecule has 1 aliphatic heterocycles. The van der Waals surface area contributed by atoms with Gasteiger partial charge >= 0.3 is 0 Å². The minimum atomic E-state index is 0.0754. The number of rotatable bonds is 5. The quantitative estimate of drug-likeness (QED) is 0.734. The van der Waals surface area contributed by atoms with E-state index in [4.69, 9.17) is 5.41 Å². The van der Waals surface area contributed by atoms with Gasteiger partial charge in [-0.3, -0.25) is 10.2 Å². The van der Waals surface area contributed by atoms with Crippen molar-refractivity contribution in [1.29, 1.82) is 5.41 Å². The minimum Gasteiger partial charge on any atom is -0.388 e. The molecule has 0 bridgehead atoms. The smallest absolute Gasteiger partial charge is 0.219 e. The van der Waals surface area contributed by atoms with Crippen LogP contribution in [0.25, 0.3) is 10.9 Å². The van der Waals surface area contributed by atoms with E-state index in [9.17, 15) is 4.79 Å². The van der Waals surface area contributed by atoms with Gasteiger partial charge in [-0.25, -0.2) is 0 Å². The summed E-state index contributed by atoms with van der Waals surface area (Å²) in [6.45, 7) is 3.84. The first-order valence-electron chi connectivity index (χ1n) is 9.00. The van der Waals surface area contributed by atoms with Crippen molar-refractivity contribution in [2.75, 3.05) is 19.6 Å². The van der Waals surface area contributed by atoms with Crippen molar-refractivity contribution in [2.45, 2.75) is 26.2 Å². The number of amides is 1. The highest BCUT2D eigenvalue weighted by Crippen LogP contribution is 2.29. The van der Waals surface area contributed by atoms with Crippen LogP contribution in [-0.4, -0.2) is 41.1 Å². The van der Waals surface area contributed by atoms with Crippen molar-refractivity contribution < 1.29 is 4.79 Å². The van der Waals surface area contributed by atoms with Crippen molar-refractivity contribution in [1.82, 2.24) is 15.2 Å². The first-order valence-corrected chi connectivity index (χ1v) is 9.00. The van der Waals surface area contributed by atoms with Gasteiger partial charge in [-0.15, -0.1) is 0 Å². The third-order valence-corrected chi connectivity index (χ3v) is 5.26. The average molecular weight is 336 g/mol. The Balaban J connectivity index is 1.69. The Labute approximate surface area is 147 Å². The Morgan fingerprint density at radius 1 is 1.36 bits per heavy atom. The van der Waals surface area contributed by atoms with Crippen molar-refractivity contribution in [3.8, 4) is 0 Å². The molecule has 0 atom stereocenters. The highest BCUT2D eigenvalue weighted by atomic mass is 16.2. The summed E-state index contributed by atoms with van der Waals surface area (Å²) in [6, 6.07) is 8.01. The van der Waals surface area contributed by atoms with Gasteiger partial charge in [-0.2, -0.15) is 0 Å². The lowest BCUT2D eigenvalue weighted by Gasteiger charge is -2.31. The highest BCUT2D eigenvalue weighted by molar-refractivity contribution is 6.18. The molecule has 1 aliphatic carbocycles. The van der Waals surface area contributed by atoms with E-state index in [1.165, 1.54) is 12.8 Å². The Morgan fingerprint density at radius 2 is 2.20 bits per heavy atom. The van der Waals surface area contributed by atoms with Crippen LogP contribution < -0.4 is 5.32 Å². The van der Waals surface area contributed by atoms with Gasteiger partial charge in [-0.1, -0.05) is 12.1 Å². The second kappa shape index (κ2) is 6.39. The van der Waals surface area contributed by atoms with Crippen molar-refractivity contribution in [3.63, 3.8) is 0 Å². The maximum Gasteiger partial charge on any atom is 0.219 e. The summed E-state index contributed by atoms with van der Waals surface area (Å²) in [7, 11) is 0. The van der Waals surface area contributed by atoms with E-state index < -0.39 is 0 Å². The summed E-state index contributed by atoms with van der Waals surface area (Å²) in [5.74, 6) is 0.855. The predicted molar refractivity (Wildman–Crippen MR) is 99.8 cm³/mol. The number of hydrogen-bond acceptors (Lipinski definition) is 3. The lowest BCUT2D eigenvalue weighted by Crippen LogP contribution is -2.40. The standard InChI is InChI=1S/C20H24N4O/c1-13(25)24-10-8-19(23-11-14-5-6-14)17(12-24)20(21)16-3-2-4-18-15(16)7-9-22-18/h2-4,7,9,14,21-23H,5-6,8,10-12H2,1H3. The number of fused-ring (bicyclic) bond motifs is 1. The summed E-state index contributed by atoms with van der Waals surface area (Å²) >= 11 is 0. The fourth-order valence-electron chi connectivity index (χ4n) is 3.51. The number of carbonyl (C=O) groups excluding carboxylic acids is 1. The predicted octanol–water partition coefficient (Wildman–Crippen LogP) is 3.04. The molecular weight excluding hydrogens is 312 g/mol. The molecule has 5 heteroatoms. The molecule has 0 unspecified atom stereocenters. The molecule has 4 rings (SSSR count). The number of aromatic amines is 1. The van der Waals surface area contributed by atoms with Crippen LogP contribution in [0.2, 0.25) is 0 Å². The third-order valence-electron chi connectivity index (χ3n) is 5.26. The van der Waals surface area contributed by atoms with Crippen LogP contribution in [0.4, 0.5) is 0 Å². The monoisotopic (exact) mass is 336 g/mol. The summed E-state index contributed by atoms with van der Waals surface area (Å²) in [4.78, 5) is 16.9. The average Bonchev–Trinajstić information content (AvgIpc) is 3.33. The lowest BCUT2D eigenvalue weighted by molar-refractivity contribution is -0.128. The van der Waals surface area contributed by atoms with Gasteiger partial charge in [0, 0.05) is 66.9 Å². The molecule has 3 N–H and O–H groups in total. The molecule has 1 aromatic carbocycles. The molecule has 0 spiro atoms. The van der Waals surface area contributed by atoms with Crippen LogP contribution in [0.15, 0.2) is 41.7 Å². The van der Waals surface area contributed by atoms with E-state index in [0.29, 0.717) is 12.3 Å². The van der Waals surface area contributed by atoms with Crippen LogP contribution in [0.1, 0.15) is 31.7 Å². The fraction of sp³-hybridized carbons (Fsp3) is 0.400. The number of nitrogens with zero attached hydrogens (tertiary/aromatic N) is 1. The highest BCUT2D eigenvalue weighted by Gasteiger charge is 2.27. The topological polar surface area (TPSA) is 72.0 Å². The van der Waals surface area contributed by atoms with Crippen LogP contribution in [0.5, 0.6) is 0 Å². The van der Waals surface area contributed by atoms with E-state index in [0.717, 1.165) is 53.2 Å². The molecule has 2 heterocycles. The summed E-state index contributed by atoms with van der Waals surface area (Å²) < 4.78 is 0. The molecule has 25 heavy (non-hydrogen) atoms. The zero-order chi connectivity index (χ0) is 17.4. The Bertz CT molecular complexity index is 859. The molecule has 1 amide bonds. The van der Waals surface area contributed by atoms with E-state index in [-0.39, 0.29) is 5.91 Å². The molecule has 2 aromatic rings. The maximum absolute atomic E-state index is 11.9. The Morgan fingerprint density at radius 3 is 2.96 bits per heavy atom. The van der Waals surface area contributed by atoms with Gasteiger partial charge in [0.1, 0.15) is 0 Å². The number of carbonyl (C=O) groups is 1. The van der Waals surface area contributed by atoms with Crippen LogP contribution in [-0.2, 0) is 4.79 Å². The van der Waals surface area contributed by atoms with Crippen molar-refractivity contribution >= 4 is 22.5 Å². The second-order valence-corrected chi connectivity index (χ2v) is 7.09. The first kappa shape index (κ1) is 15.9. The van der Waals surface area contributed by atoms with Crippen molar-refractivity contribution in [2.24, 2.45) is 5.92 Å². The zero-order valence-electron chi connectivity index (χ0n) is 14.6. The van der Waals surface area contributed by atoms with Crippen LogP contribution in [0.3, 0.4) is 0 Å². The molecule has 0 saturated heterocycles. The number of nitrogens with one attached hydrogen (secondary N) is 3.